The first-order valence-corrected chi connectivity index (χ1v) is 7.99. The van der Waals surface area contributed by atoms with Gasteiger partial charge >= 0.3 is 0 Å². The predicted molar refractivity (Wildman–Crippen MR) is 78.5 cm³/mol. The molecule has 2 fully saturated rings. The largest absolute Gasteiger partial charge is 0.126 e. The molecule has 18 heavy (non-hydrogen) atoms. The molecule has 98 valence electrons. The molecule has 0 N–H and O–H groups in total. The third-order valence-corrected chi connectivity index (χ3v) is 5.62. The van der Waals surface area contributed by atoms with Gasteiger partial charge in [0, 0.05) is 10.9 Å². The van der Waals surface area contributed by atoms with E-state index in [0.29, 0.717) is 5.92 Å². The normalized spacial score (nSPS) is 31.8. The van der Waals surface area contributed by atoms with Gasteiger partial charge in [0.05, 0.1) is 0 Å². The van der Waals surface area contributed by atoms with Gasteiger partial charge in [0.25, 0.3) is 0 Å². The Labute approximate surface area is 120 Å². The van der Waals surface area contributed by atoms with Crippen LogP contribution in [-0.2, 0) is 0 Å². The zero-order valence-electron chi connectivity index (χ0n) is 10.6. The highest BCUT2D eigenvalue weighted by Crippen LogP contribution is 2.51. The first kappa shape index (κ1) is 12.8. The standard InChI is InChI=1S/C16H20Cl2/c17-10-15(12-3-5-16(18)6-4-12)9-14-8-11-1-2-13(14)7-11/h3-6,11,13-15H,1-2,7-10H2. The van der Waals surface area contributed by atoms with Gasteiger partial charge in [0.2, 0.25) is 0 Å². The van der Waals surface area contributed by atoms with E-state index >= 15 is 0 Å². The van der Waals surface area contributed by atoms with Crippen molar-refractivity contribution in [2.45, 2.75) is 38.0 Å². The molecule has 1 aromatic rings. The van der Waals surface area contributed by atoms with Crippen LogP contribution in [0.1, 0.15) is 43.6 Å². The van der Waals surface area contributed by atoms with E-state index in [-0.39, 0.29) is 0 Å². The quantitative estimate of drug-likeness (QED) is 0.641. The van der Waals surface area contributed by atoms with Crippen molar-refractivity contribution in [3.8, 4) is 0 Å². The molecule has 0 spiro atoms. The number of benzene rings is 1. The van der Waals surface area contributed by atoms with E-state index in [4.69, 9.17) is 23.2 Å². The Morgan fingerprint density at radius 1 is 1.11 bits per heavy atom. The highest BCUT2D eigenvalue weighted by atomic mass is 35.5. The molecule has 0 nitrogen and oxygen atoms in total. The van der Waals surface area contributed by atoms with Crippen LogP contribution in [0, 0.1) is 17.8 Å². The van der Waals surface area contributed by atoms with Crippen molar-refractivity contribution in [3.05, 3.63) is 34.9 Å². The number of halogens is 2. The Hall–Kier alpha value is -0.200. The lowest BCUT2D eigenvalue weighted by Crippen LogP contribution is -2.15. The number of hydrogen-bond acceptors (Lipinski definition) is 0. The highest BCUT2D eigenvalue weighted by molar-refractivity contribution is 6.30. The van der Waals surface area contributed by atoms with Crippen molar-refractivity contribution >= 4 is 23.2 Å². The van der Waals surface area contributed by atoms with E-state index in [1.807, 2.05) is 12.1 Å². The van der Waals surface area contributed by atoms with E-state index in [1.165, 1.54) is 37.7 Å². The van der Waals surface area contributed by atoms with Gasteiger partial charge in [-0.15, -0.1) is 11.6 Å². The predicted octanol–water partition coefficient (Wildman–Crippen LogP) is 5.49. The summed E-state index contributed by atoms with van der Waals surface area (Å²) in [7, 11) is 0. The minimum Gasteiger partial charge on any atom is -0.126 e. The Morgan fingerprint density at radius 3 is 2.44 bits per heavy atom. The average Bonchev–Trinajstić information content (AvgIpc) is 2.99. The van der Waals surface area contributed by atoms with E-state index in [1.54, 1.807) is 0 Å². The van der Waals surface area contributed by atoms with E-state index < -0.39 is 0 Å². The Balaban J connectivity index is 1.67. The topological polar surface area (TPSA) is 0 Å². The second-order valence-electron chi connectivity index (χ2n) is 6.07. The smallest absolute Gasteiger partial charge is 0.0406 e. The zero-order chi connectivity index (χ0) is 12.5. The maximum Gasteiger partial charge on any atom is 0.0406 e. The van der Waals surface area contributed by atoms with Gasteiger partial charge in [0.15, 0.2) is 0 Å². The zero-order valence-corrected chi connectivity index (χ0v) is 12.1. The summed E-state index contributed by atoms with van der Waals surface area (Å²) in [5, 5.41) is 0.812. The first-order valence-electron chi connectivity index (χ1n) is 7.07. The van der Waals surface area contributed by atoms with Crippen LogP contribution in [0.25, 0.3) is 0 Å². The van der Waals surface area contributed by atoms with Gasteiger partial charge in [-0.25, -0.2) is 0 Å². The summed E-state index contributed by atoms with van der Waals surface area (Å²) in [5.74, 6) is 4.18. The maximum absolute atomic E-state index is 6.19. The SMILES string of the molecule is ClCC(CC1CC2CCC1C2)c1ccc(Cl)cc1. The minimum atomic E-state index is 0.508. The summed E-state index contributed by atoms with van der Waals surface area (Å²) in [6.45, 7) is 0. The molecule has 2 aliphatic rings. The van der Waals surface area contributed by atoms with Crippen LogP contribution in [0.15, 0.2) is 24.3 Å². The molecule has 3 rings (SSSR count). The Kier molecular flexibility index (Phi) is 3.86. The van der Waals surface area contributed by atoms with Gasteiger partial charge in [-0.2, -0.15) is 0 Å². The van der Waals surface area contributed by atoms with Crippen LogP contribution in [0.4, 0.5) is 0 Å². The third kappa shape index (κ3) is 2.56. The molecule has 4 atom stereocenters. The molecule has 2 heteroatoms. The molecular formula is C16H20Cl2. The van der Waals surface area contributed by atoms with Gasteiger partial charge < -0.3 is 0 Å². The van der Waals surface area contributed by atoms with Crippen LogP contribution >= 0.6 is 23.2 Å². The summed E-state index contributed by atoms with van der Waals surface area (Å²) in [5.41, 5.74) is 1.36. The lowest BCUT2D eigenvalue weighted by atomic mass is 9.81. The van der Waals surface area contributed by atoms with Crippen molar-refractivity contribution in [1.29, 1.82) is 0 Å². The van der Waals surface area contributed by atoms with Crippen molar-refractivity contribution in [2.75, 3.05) is 5.88 Å². The van der Waals surface area contributed by atoms with Crippen molar-refractivity contribution in [3.63, 3.8) is 0 Å². The van der Waals surface area contributed by atoms with Gasteiger partial charge in [-0.05, 0) is 67.1 Å². The summed E-state index contributed by atoms with van der Waals surface area (Å²) in [6.07, 6.45) is 7.15. The van der Waals surface area contributed by atoms with Gasteiger partial charge in [0.1, 0.15) is 0 Å². The van der Waals surface area contributed by atoms with E-state index in [0.717, 1.165) is 28.7 Å². The van der Waals surface area contributed by atoms with Crippen LogP contribution in [0.2, 0.25) is 5.02 Å². The molecule has 0 amide bonds. The average molecular weight is 283 g/mol. The molecule has 0 heterocycles. The van der Waals surface area contributed by atoms with Crippen LogP contribution in [0.5, 0.6) is 0 Å². The lowest BCUT2D eigenvalue weighted by molar-refractivity contribution is 0.300. The highest BCUT2D eigenvalue weighted by Gasteiger charge is 2.40. The number of alkyl halides is 1. The number of fused-ring (bicyclic) bond motifs is 2. The second kappa shape index (κ2) is 5.43. The number of hydrogen-bond donors (Lipinski definition) is 0. The summed E-state index contributed by atoms with van der Waals surface area (Å²) in [4.78, 5) is 0. The molecule has 0 radical (unpaired) electrons. The number of rotatable bonds is 4. The molecule has 2 aliphatic carbocycles. The van der Waals surface area contributed by atoms with Crippen LogP contribution < -0.4 is 0 Å². The second-order valence-corrected chi connectivity index (χ2v) is 6.82. The van der Waals surface area contributed by atoms with Crippen molar-refractivity contribution < 1.29 is 0 Å². The van der Waals surface area contributed by atoms with Crippen molar-refractivity contribution in [1.82, 2.24) is 0 Å². The van der Waals surface area contributed by atoms with Gasteiger partial charge in [-0.1, -0.05) is 30.2 Å². The molecule has 0 saturated heterocycles. The van der Waals surface area contributed by atoms with Gasteiger partial charge in [-0.3, -0.25) is 0 Å². The fourth-order valence-corrected chi connectivity index (χ4v) is 4.48. The Bertz CT molecular complexity index is 398. The van der Waals surface area contributed by atoms with Crippen molar-refractivity contribution in [2.24, 2.45) is 17.8 Å². The molecular weight excluding hydrogens is 263 g/mol. The molecule has 2 saturated carbocycles. The molecule has 4 unspecified atom stereocenters. The molecule has 1 aromatic carbocycles. The Morgan fingerprint density at radius 2 is 1.89 bits per heavy atom. The maximum atomic E-state index is 6.19. The van der Waals surface area contributed by atoms with E-state index in [9.17, 15) is 0 Å². The summed E-state index contributed by atoms with van der Waals surface area (Å²) < 4.78 is 0. The minimum absolute atomic E-state index is 0.508. The molecule has 2 bridgehead atoms. The van der Waals surface area contributed by atoms with Crippen LogP contribution in [0.3, 0.4) is 0 Å². The first-order chi connectivity index (χ1) is 8.76. The fourth-order valence-electron chi connectivity index (χ4n) is 4.05. The fraction of sp³-hybridized carbons (Fsp3) is 0.625. The monoisotopic (exact) mass is 282 g/mol. The lowest BCUT2D eigenvalue weighted by Gasteiger charge is -2.26. The molecule has 0 aromatic heterocycles. The molecule has 0 aliphatic heterocycles. The summed E-state index contributed by atoms with van der Waals surface area (Å²) >= 11 is 12.1. The van der Waals surface area contributed by atoms with E-state index in [2.05, 4.69) is 12.1 Å². The third-order valence-electron chi connectivity index (χ3n) is 5.00. The summed E-state index contributed by atoms with van der Waals surface area (Å²) in [6, 6.07) is 8.25. The van der Waals surface area contributed by atoms with Crippen LogP contribution in [-0.4, -0.2) is 5.88 Å².